The van der Waals surface area contributed by atoms with Gasteiger partial charge >= 0.3 is 0 Å². The monoisotopic (exact) mass is 371 g/mol. The van der Waals surface area contributed by atoms with Gasteiger partial charge in [-0.1, -0.05) is 54.6 Å². The summed E-state index contributed by atoms with van der Waals surface area (Å²) in [6.45, 7) is 2.23. The topological polar surface area (TPSA) is 8.29 Å². The molecular formula is C27H19N2+. The standard InChI is InChI=1S/C27H19N2/c1-16-10-11-18-7-5-9-21-24(18)23(16)27-26-20(14-15-28(27)2)25-19-8-4-3-6-17(19)12-13-22(25)29(21)26/h3-15H,1-2H3/q+1. The molecule has 0 aliphatic carbocycles. The van der Waals surface area contributed by atoms with E-state index < -0.39 is 0 Å². The zero-order valence-electron chi connectivity index (χ0n) is 16.4. The second-order valence-corrected chi connectivity index (χ2v) is 8.19. The van der Waals surface area contributed by atoms with Gasteiger partial charge in [0.05, 0.1) is 16.4 Å². The van der Waals surface area contributed by atoms with Crippen molar-refractivity contribution in [1.82, 2.24) is 4.40 Å². The Morgan fingerprint density at radius 3 is 2.38 bits per heavy atom. The van der Waals surface area contributed by atoms with E-state index in [1.165, 1.54) is 65.3 Å². The fourth-order valence-electron chi connectivity index (χ4n) is 5.41. The molecule has 0 saturated heterocycles. The smallest absolute Gasteiger partial charge is 0.238 e. The lowest BCUT2D eigenvalue weighted by Gasteiger charge is -2.12. The highest BCUT2D eigenvalue weighted by Crippen LogP contribution is 2.41. The summed E-state index contributed by atoms with van der Waals surface area (Å²) in [5.74, 6) is 0. The lowest BCUT2D eigenvalue weighted by molar-refractivity contribution is -0.644. The fraction of sp³-hybridized carbons (Fsp3) is 0.0741. The zero-order chi connectivity index (χ0) is 19.3. The van der Waals surface area contributed by atoms with E-state index in [0.717, 1.165) is 0 Å². The number of hydrogen-bond donors (Lipinski definition) is 0. The second kappa shape index (κ2) is 5.03. The Morgan fingerprint density at radius 2 is 1.45 bits per heavy atom. The largest absolute Gasteiger partial charge is 0.303 e. The van der Waals surface area contributed by atoms with E-state index in [9.17, 15) is 0 Å². The summed E-state index contributed by atoms with van der Waals surface area (Å²) in [5, 5.41) is 9.31. The molecule has 2 nitrogen and oxygen atoms in total. The highest BCUT2D eigenvalue weighted by Gasteiger charge is 2.24. The van der Waals surface area contributed by atoms with E-state index in [1.807, 2.05) is 0 Å². The fourth-order valence-corrected chi connectivity index (χ4v) is 5.41. The molecular weight excluding hydrogens is 352 g/mol. The van der Waals surface area contributed by atoms with Gasteiger partial charge in [0.15, 0.2) is 6.20 Å². The molecule has 0 unspecified atom stereocenters. The van der Waals surface area contributed by atoms with E-state index in [2.05, 4.69) is 102 Å². The summed E-state index contributed by atoms with van der Waals surface area (Å²) in [6, 6.07) is 26.8. The van der Waals surface area contributed by atoms with Crippen LogP contribution in [0.1, 0.15) is 5.56 Å². The summed E-state index contributed by atoms with van der Waals surface area (Å²) in [7, 11) is 2.17. The first kappa shape index (κ1) is 15.3. The third-order valence-electron chi connectivity index (χ3n) is 6.65. The van der Waals surface area contributed by atoms with Crippen molar-refractivity contribution >= 4 is 59.8 Å². The Balaban J connectivity index is 1.98. The maximum Gasteiger partial charge on any atom is 0.238 e. The Bertz CT molecular complexity index is 1770. The number of rotatable bonds is 0. The minimum Gasteiger partial charge on any atom is -0.303 e. The van der Waals surface area contributed by atoms with E-state index in [1.54, 1.807) is 0 Å². The lowest BCUT2D eigenvalue weighted by Crippen LogP contribution is -2.28. The predicted molar refractivity (Wildman–Crippen MR) is 122 cm³/mol. The van der Waals surface area contributed by atoms with Crippen molar-refractivity contribution in [3.63, 3.8) is 0 Å². The maximum absolute atomic E-state index is 2.49. The quantitative estimate of drug-likeness (QED) is 0.169. The van der Waals surface area contributed by atoms with Crippen LogP contribution in [0.2, 0.25) is 0 Å². The molecule has 0 bridgehead atoms. The van der Waals surface area contributed by atoms with Crippen LogP contribution in [-0.2, 0) is 7.05 Å². The summed E-state index contributed by atoms with van der Waals surface area (Å²) >= 11 is 0. The molecule has 0 spiro atoms. The van der Waals surface area contributed by atoms with Gasteiger partial charge in [-0.3, -0.25) is 0 Å². The Hall–Kier alpha value is -3.65. The van der Waals surface area contributed by atoms with E-state index in [-0.39, 0.29) is 0 Å². The van der Waals surface area contributed by atoms with Crippen molar-refractivity contribution < 1.29 is 4.57 Å². The van der Waals surface area contributed by atoms with Gasteiger partial charge in [0.2, 0.25) is 5.52 Å². The number of hydrogen-bond acceptors (Lipinski definition) is 0. The van der Waals surface area contributed by atoms with Gasteiger partial charge in [-0.2, -0.15) is 4.57 Å². The van der Waals surface area contributed by atoms with Crippen molar-refractivity contribution in [1.29, 1.82) is 0 Å². The molecule has 0 N–H and O–H groups in total. The van der Waals surface area contributed by atoms with Gasteiger partial charge < -0.3 is 4.40 Å². The van der Waals surface area contributed by atoms with Crippen LogP contribution in [0.5, 0.6) is 0 Å². The molecule has 0 atom stereocenters. The molecule has 0 radical (unpaired) electrons. The summed E-state index contributed by atoms with van der Waals surface area (Å²) in [6.07, 6.45) is 2.22. The third kappa shape index (κ3) is 1.71. The Kier molecular flexibility index (Phi) is 2.66. The molecule has 7 rings (SSSR count). The average Bonchev–Trinajstić information content (AvgIpc) is 3.09. The van der Waals surface area contributed by atoms with Gasteiger partial charge in [0.1, 0.15) is 12.6 Å². The highest BCUT2D eigenvalue weighted by molar-refractivity contribution is 6.29. The first-order valence-electron chi connectivity index (χ1n) is 10.1. The van der Waals surface area contributed by atoms with Crippen molar-refractivity contribution in [2.24, 2.45) is 7.05 Å². The molecule has 0 saturated carbocycles. The minimum absolute atomic E-state index is 1.28. The number of aromatic nitrogens is 2. The third-order valence-corrected chi connectivity index (χ3v) is 6.65. The molecule has 3 heterocycles. The molecule has 0 aliphatic rings. The zero-order valence-corrected chi connectivity index (χ0v) is 16.4. The van der Waals surface area contributed by atoms with Gasteiger partial charge in [0.25, 0.3) is 0 Å². The average molecular weight is 371 g/mol. The van der Waals surface area contributed by atoms with Crippen LogP contribution >= 0.6 is 0 Å². The van der Waals surface area contributed by atoms with Gasteiger partial charge in [-0.05, 0) is 40.8 Å². The molecule has 0 aliphatic heterocycles. The van der Waals surface area contributed by atoms with Gasteiger partial charge in [0, 0.05) is 22.2 Å². The Labute approximate surface area is 167 Å². The van der Waals surface area contributed by atoms with Crippen molar-refractivity contribution in [2.75, 3.05) is 0 Å². The molecule has 29 heavy (non-hydrogen) atoms. The maximum atomic E-state index is 2.49. The van der Waals surface area contributed by atoms with Gasteiger partial charge in [-0.25, -0.2) is 0 Å². The molecule has 7 aromatic rings. The lowest BCUT2D eigenvalue weighted by atomic mass is 9.98. The second-order valence-electron chi connectivity index (χ2n) is 8.19. The van der Waals surface area contributed by atoms with Crippen LogP contribution in [0.15, 0.2) is 79.0 Å². The molecule has 2 heteroatoms. The van der Waals surface area contributed by atoms with E-state index >= 15 is 0 Å². The number of aryl methyl sites for hydroxylation is 2. The predicted octanol–water partition coefficient (Wildman–Crippen LogP) is 6.28. The number of pyridine rings is 2. The van der Waals surface area contributed by atoms with Crippen LogP contribution in [-0.4, -0.2) is 4.40 Å². The van der Waals surface area contributed by atoms with E-state index in [0.29, 0.717) is 0 Å². The number of benzene rings is 4. The minimum atomic E-state index is 1.28. The summed E-state index contributed by atoms with van der Waals surface area (Å²) < 4.78 is 4.78. The van der Waals surface area contributed by atoms with Crippen LogP contribution in [0, 0.1) is 6.92 Å². The number of nitrogens with zero attached hydrogens (tertiary/aromatic N) is 2. The molecule has 0 amide bonds. The molecule has 0 fully saturated rings. The highest BCUT2D eigenvalue weighted by atomic mass is 15.0. The summed E-state index contributed by atoms with van der Waals surface area (Å²) in [4.78, 5) is 0. The molecule has 3 aromatic heterocycles. The normalized spacial score (nSPS) is 12.5. The van der Waals surface area contributed by atoms with Crippen LogP contribution in [0.25, 0.3) is 59.8 Å². The van der Waals surface area contributed by atoms with Crippen LogP contribution < -0.4 is 4.57 Å². The van der Waals surface area contributed by atoms with Crippen LogP contribution in [0.3, 0.4) is 0 Å². The first-order chi connectivity index (χ1) is 14.2. The van der Waals surface area contributed by atoms with Crippen molar-refractivity contribution in [3.05, 3.63) is 84.6 Å². The van der Waals surface area contributed by atoms with Crippen molar-refractivity contribution in [3.8, 4) is 0 Å². The SMILES string of the molecule is Cc1ccc2cccc3c2c1c1c2c(cc[n+]1C)c1c4ccccc4ccc1n32. The van der Waals surface area contributed by atoms with Gasteiger partial charge in [-0.15, -0.1) is 0 Å². The first-order valence-corrected chi connectivity index (χ1v) is 10.1. The molecule has 4 aromatic carbocycles. The van der Waals surface area contributed by atoms with Crippen molar-refractivity contribution in [2.45, 2.75) is 6.92 Å². The molecule has 136 valence electrons. The summed E-state index contributed by atoms with van der Waals surface area (Å²) in [5.41, 5.74) is 6.52. The van der Waals surface area contributed by atoms with E-state index in [4.69, 9.17) is 0 Å². The number of fused-ring (bicyclic) bond motifs is 7. The Morgan fingerprint density at radius 1 is 0.655 bits per heavy atom. The van der Waals surface area contributed by atoms with Crippen LogP contribution in [0.4, 0.5) is 0 Å².